The molecule has 0 aliphatic carbocycles. The summed E-state index contributed by atoms with van der Waals surface area (Å²) in [5.41, 5.74) is 2.39. The highest BCUT2D eigenvalue weighted by atomic mass is 16.4. The number of carbonyl (C=O) groups excluding carboxylic acids is 1. The van der Waals surface area contributed by atoms with Gasteiger partial charge in [-0.25, -0.2) is 0 Å². The number of aliphatic hydroxyl groups excluding tert-OH is 3. The van der Waals surface area contributed by atoms with Crippen LogP contribution in [-0.4, -0.2) is 59.7 Å². The van der Waals surface area contributed by atoms with Gasteiger partial charge in [0.25, 0.3) is 5.91 Å². The number of fused-ring (bicyclic) bond motifs is 1. The van der Waals surface area contributed by atoms with Gasteiger partial charge in [0.2, 0.25) is 0 Å². The van der Waals surface area contributed by atoms with E-state index in [2.05, 4.69) is 22.3 Å². The molecule has 2 aromatic rings. The molecule has 2 unspecified atom stereocenters. The summed E-state index contributed by atoms with van der Waals surface area (Å²) in [7, 11) is 0. The zero-order chi connectivity index (χ0) is 22.4. The first-order chi connectivity index (χ1) is 15.0. The topological polar surface area (TPSA) is 117 Å². The van der Waals surface area contributed by atoms with Crippen molar-refractivity contribution in [2.45, 2.75) is 38.4 Å². The van der Waals surface area contributed by atoms with Gasteiger partial charge in [0.05, 0.1) is 18.4 Å². The predicted octanol–water partition coefficient (Wildman–Crippen LogP) is 1.96. The molecule has 1 fully saturated rings. The smallest absolute Gasteiger partial charge is 0.262 e. The number of hydrogen-bond donors (Lipinski definition) is 4. The van der Waals surface area contributed by atoms with Crippen LogP contribution in [0.1, 0.15) is 31.7 Å². The second-order valence-electron chi connectivity index (χ2n) is 7.87. The maximum atomic E-state index is 12.7. The van der Waals surface area contributed by atoms with E-state index in [1.54, 1.807) is 6.92 Å². The van der Waals surface area contributed by atoms with E-state index >= 15 is 0 Å². The van der Waals surface area contributed by atoms with E-state index in [4.69, 9.17) is 5.11 Å². The molecule has 7 heteroatoms. The third-order valence-corrected chi connectivity index (χ3v) is 5.79. The highest BCUT2D eigenvalue weighted by Crippen LogP contribution is 2.37. The predicted molar refractivity (Wildman–Crippen MR) is 120 cm³/mol. The average molecular weight is 424 g/mol. The normalized spacial score (nSPS) is 16.9. The maximum absolute atomic E-state index is 12.7. The number of allylic oxidation sites excluding steroid dienone is 1. The van der Waals surface area contributed by atoms with Gasteiger partial charge in [0.15, 0.2) is 0 Å². The summed E-state index contributed by atoms with van der Waals surface area (Å²) in [6.45, 7) is 2.72. The molecule has 1 amide bonds. The standard InChI is InChI=1S/C24H29N3O4/c1-16(20(13-25)24(31)26-14-21(29)22(30)15-28)18-10-9-17-7-3-4-8-19(17)23(18)27-11-5-2-6-12-27/h3-4,7-10,21-22,28-30H,2,5-6,11-12,14-15H2,1H3,(H,26,31)/b20-16+. The fourth-order valence-corrected chi connectivity index (χ4v) is 4.00. The summed E-state index contributed by atoms with van der Waals surface area (Å²) in [5, 5.41) is 42.6. The molecule has 1 aliphatic rings. The van der Waals surface area contributed by atoms with Crippen molar-refractivity contribution in [1.82, 2.24) is 5.32 Å². The van der Waals surface area contributed by atoms with Crippen LogP contribution >= 0.6 is 0 Å². The summed E-state index contributed by atoms with van der Waals surface area (Å²) in [6, 6.07) is 14.1. The van der Waals surface area contributed by atoms with Gasteiger partial charge in [-0.05, 0) is 37.1 Å². The third kappa shape index (κ3) is 5.05. The molecule has 164 valence electrons. The Morgan fingerprint density at radius 3 is 2.52 bits per heavy atom. The number of anilines is 1. The van der Waals surface area contributed by atoms with Crippen LogP contribution in [0.25, 0.3) is 16.3 Å². The van der Waals surface area contributed by atoms with Crippen molar-refractivity contribution in [3.05, 3.63) is 47.5 Å². The highest BCUT2D eigenvalue weighted by Gasteiger charge is 2.23. The molecule has 4 N–H and O–H groups in total. The Bertz CT molecular complexity index is 1010. The number of nitriles is 1. The van der Waals surface area contributed by atoms with Gasteiger partial charge < -0.3 is 25.5 Å². The van der Waals surface area contributed by atoms with Gasteiger partial charge in [-0.15, -0.1) is 0 Å². The summed E-state index contributed by atoms with van der Waals surface area (Å²) >= 11 is 0. The van der Waals surface area contributed by atoms with Crippen LogP contribution in [-0.2, 0) is 4.79 Å². The molecule has 0 spiro atoms. The SMILES string of the molecule is C/C(=C(/C#N)C(=O)NCC(O)C(O)CO)c1ccc2ccccc2c1N1CCCCC1. The number of nitrogens with one attached hydrogen (secondary N) is 1. The van der Waals surface area contributed by atoms with E-state index in [-0.39, 0.29) is 12.1 Å². The van der Waals surface area contributed by atoms with Crippen molar-refractivity contribution >= 4 is 27.9 Å². The second-order valence-corrected chi connectivity index (χ2v) is 7.87. The van der Waals surface area contributed by atoms with Crippen LogP contribution in [0.15, 0.2) is 42.0 Å². The molecule has 1 saturated heterocycles. The van der Waals surface area contributed by atoms with Gasteiger partial charge in [-0.3, -0.25) is 4.79 Å². The van der Waals surface area contributed by atoms with Crippen LogP contribution in [0.5, 0.6) is 0 Å². The average Bonchev–Trinajstić information content (AvgIpc) is 2.82. The number of piperidine rings is 1. The quantitative estimate of drug-likeness (QED) is 0.400. The lowest BCUT2D eigenvalue weighted by atomic mass is 9.94. The maximum Gasteiger partial charge on any atom is 0.262 e. The largest absolute Gasteiger partial charge is 0.394 e. The number of hydrogen-bond acceptors (Lipinski definition) is 6. The lowest BCUT2D eigenvalue weighted by Gasteiger charge is -2.32. The summed E-state index contributed by atoms with van der Waals surface area (Å²) in [6.07, 6.45) is 0.713. The van der Waals surface area contributed by atoms with Crippen LogP contribution in [0.2, 0.25) is 0 Å². The number of aliphatic hydroxyl groups is 3. The lowest BCUT2D eigenvalue weighted by Crippen LogP contribution is -2.41. The van der Waals surface area contributed by atoms with Gasteiger partial charge >= 0.3 is 0 Å². The molecule has 2 aromatic carbocycles. The molecular weight excluding hydrogens is 394 g/mol. The van der Waals surface area contributed by atoms with E-state index in [1.807, 2.05) is 30.3 Å². The molecule has 1 heterocycles. The van der Waals surface area contributed by atoms with Gasteiger partial charge in [-0.1, -0.05) is 36.4 Å². The van der Waals surface area contributed by atoms with Gasteiger partial charge in [-0.2, -0.15) is 5.26 Å². The van der Waals surface area contributed by atoms with E-state index in [0.29, 0.717) is 5.57 Å². The summed E-state index contributed by atoms with van der Waals surface area (Å²) < 4.78 is 0. The van der Waals surface area contributed by atoms with Crippen LogP contribution in [0.3, 0.4) is 0 Å². The molecule has 0 aromatic heterocycles. The molecule has 0 saturated carbocycles. The van der Waals surface area contributed by atoms with E-state index < -0.39 is 24.7 Å². The third-order valence-electron chi connectivity index (χ3n) is 5.79. The molecule has 7 nitrogen and oxygen atoms in total. The molecule has 0 bridgehead atoms. The lowest BCUT2D eigenvalue weighted by molar-refractivity contribution is -0.118. The Kier molecular flexibility index (Phi) is 7.64. The van der Waals surface area contributed by atoms with Crippen molar-refractivity contribution in [2.24, 2.45) is 0 Å². The summed E-state index contributed by atoms with van der Waals surface area (Å²) in [4.78, 5) is 15.0. The second kappa shape index (κ2) is 10.4. The minimum absolute atomic E-state index is 0.0424. The fourth-order valence-electron chi connectivity index (χ4n) is 4.00. The monoisotopic (exact) mass is 423 g/mol. The van der Waals surface area contributed by atoms with Crippen LogP contribution in [0.4, 0.5) is 5.69 Å². The van der Waals surface area contributed by atoms with Crippen molar-refractivity contribution in [2.75, 3.05) is 31.1 Å². The zero-order valence-electron chi connectivity index (χ0n) is 17.7. The number of rotatable bonds is 7. The summed E-state index contributed by atoms with van der Waals surface area (Å²) in [5.74, 6) is -0.623. The molecular formula is C24H29N3O4. The Hall–Kier alpha value is -2.92. The van der Waals surface area contributed by atoms with Crippen molar-refractivity contribution in [3.8, 4) is 6.07 Å². The Labute approximate surface area is 182 Å². The van der Waals surface area contributed by atoms with E-state index in [9.17, 15) is 20.3 Å². The number of amides is 1. The zero-order valence-corrected chi connectivity index (χ0v) is 17.7. The number of carbonyl (C=O) groups is 1. The first kappa shape index (κ1) is 22.8. The van der Waals surface area contributed by atoms with Crippen molar-refractivity contribution in [1.29, 1.82) is 5.26 Å². The Morgan fingerprint density at radius 2 is 1.84 bits per heavy atom. The Morgan fingerprint density at radius 1 is 1.13 bits per heavy atom. The minimum atomic E-state index is -1.36. The molecule has 3 rings (SSSR count). The highest BCUT2D eigenvalue weighted by molar-refractivity contribution is 6.08. The van der Waals surface area contributed by atoms with Crippen molar-refractivity contribution in [3.63, 3.8) is 0 Å². The number of benzene rings is 2. The van der Waals surface area contributed by atoms with E-state index in [1.165, 1.54) is 6.42 Å². The first-order valence-electron chi connectivity index (χ1n) is 10.6. The first-order valence-corrected chi connectivity index (χ1v) is 10.6. The van der Waals surface area contributed by atoms with Crippen molar-refractivity contribution < 1.29 is 20.1 Å². The minimum Gasteiger partial charge on any atom is -0.394 e. The van der Waals surface area contributed by atoms with Gasteiger partial charge in [0, 0.05) is 30.6 Å². The number of nitrogens with zero attached hydrogens (tertiary/aromatic N) is 2. The van der Waals surface area contributed by atoms with Crippen LogP contribution < -0.4 is 10.2 Å². The fraction of sp³-hybridized carbons (Fsp3) is 0.417. The van der Waals surface area contributed by atoms with E-state index in [0.717, 1.165) is 48.0 Å². The molecule has 31 heavy (non-hydrogen) atoms. The Balaban J connectivity index is 2.01. The van der Waals surface area contributed by atoms with Gasteiger partial charge in [0.1, 0.15) is 17.7 Å². The molecule has 2 atom stereocenters. The van der Waals surface area contributed by atoms with Crippen LogP contribution in [0, 0.1) is 11.3 Å². The molecule has 1 aliphatic heterocycles. The molecule has 0 radical (unpaired) electrons.